The van der Waals surface area contributed by atoms with Crippen molar-refractivity contribution in [2.75, 3.05) is 20.8 Å². The third kappa shape index (κ3) is 3.46. The number of rotatable bonds is 6. The molecule has 0 heterocycles. The van der Waals surface area contributed by atoms with Gasteiger partial charge in [0.1, 0.15) is 5.78 Å². The molecule has 0 aliphatic heterocycles. The molecule has 0 fully saturated rings. The molecule has 1 N–H and O–H groups in total. The molecule has 1 unspecified atom stereocenters. The molecule has 0 aliphatic rings. The van der Waals surface area contributed by atoms with Gasteiger partial charge in [-0.3, -0.25) is 4.79 Å². The Morgan fingerprint density at radius 3 is 2.41 bits per heavy atom. The second kappa shape index (κ2) is 6.25. The number of hydrogen-bond donors (Lipinski definition) is 1. The van der Waals surface area contributed by atoms with Crippen LogP contribution in [0.1, 0.15) is 12.5 Å². The Morgan fingerprint density at radius 2 is 1.94 bits per heavy atom. The van der Waals surface area contributed by atoms with Crippen LogP contribution in [0.25, 0.3) is 0 Å². The number of benzene rings is 1. The quantitative estimate of drug-likeness (QED) is 0.814. The number of ether oxygens (including phenoxy) is 2. The normalized spacial score (nSPS) is 12.0. The van der Waals surface area contributed by atoms with Crippen molar-refractivity contribution >= 4 is 5.78 Å². The average Bonchev–Trinajstić information content (AvgIpc) is 2.35. The van der Waals surface area contributed by atoms with Crippen LogP contribution >= 0.6 is 0 Å². The number of Topliss-reactive ketones (excluding diaryl/α,β-unsaturated/α-hetero) is 1. The Balaban J connectivity index is 2.88. The van der Waals surface area contributed by atoms with Crippen LogP contribution in [0.15, 0.2) is 18.2 Å². The van der Waals surface area contributed by atoms with Crippen molar-refractivity contribution in [2.45, 2.75) is 13.3 Å². The van der Waals surface area contributed by atoms with E-state index in [0.29, 0.717) is 17.9 Å². The fraction of sp³-hybridized carbons (Fsp3) is 0.462. The fourth-order valence-electron chi connectivity index (χ4n) is 1.63. The molecule has 17 heavy (non-hydrogen) atoms. The number of aliphatic hydroxyl groups is 1. The topological polar surface area (TPSA) is 55.8 Å². The highest BCUT2D eigenvalue weighted by Crippen LogP contribution is 2.28. The number of ketones is 1. The average molecular weight is 238 g/mol. The van der Waals surface area contributed by atoms with Crippen molar-refractivity contribution in [3.8, 4) is 11.5 Å². The first kappa shape index (κ1) is 13.5. The van der Waals surface area contributed by atoms with Gasteiger partial charge >= 0.3 is 0 Å². The highest BCUT2D eigenvalue weighted by atomic mass is 16.5. The molecule has 0 spiro atoms. The van der Waals surface area contributed by atoms with Gasteiger partial charge in [-0.1, -0.05) is 6.07 Å². The minimum absolute atomic E-state index is 0.0118. The van der Waals surface area contributed by atoms with Crippen molar-refractivity contribution in [3.05, 3.63) is 23.8 Å². The number of carbonyl (C=O) groups excluding carboxylic acids is 1. The van der Waals surface area contributed by atoms with Crippen molar-refractivity contribution in [1.29, 1.82) is 0 Å². The third-order valence-electron chi connectivity index (χ3n) is 2.73. The van der Waals surface area contributed by atoms with Crippen molar-refractivity contribution in [2.24, 2.45) is 5.92 Å². The predicted octanol–water partition coefficient (Wildman–Crippen LogP) is 1.44. The molecule has 0 amide bonds. The summed E-state index contributed by atoms with van der Waals surface area (Å²) < 4.78 is 10.3. The van der Waals surface area contributed by atoms with Gasteiger partial charge in [-0.05, 0) is 31.0 Å². The van der Waals surface area contributed by atoms with E-state index in [4.69, 9.17) is 14.6 Å². The van der Waals surface area contributed by atoms with Gasteiger partial charge in [0.15, 0.2) is 11.5 Å². The first-order valence-electron chi connectivity index (χ1n) is 5.44. The monoisotopic (exact) mass is 238 g/mol. The Morgan fingerprint density at radius 1 is 1.29 bits per heavy atom. The van der Waals surface area contributed by atoms with E-state index in [9.17, 15) is 4.79 Å². The van der Waals surface area contributed by atoms with Gasteiger partial charge in [0.25, 0.3) is 0 Å². The molecule has 0 aliphatic carbocycles. The van der Waals surface area contributed by atoms with E-state index in [0.717, 1.165) is 5.56 Å². The standard InChI is InChI=1S/C13H18O4/c1-9(15)11(8-14)6-10-4-5-12(16-2)13(7-10)17-3/h4-5,7,11,14H,6,8H2,1-3H3. The molecule has 0 saturated carbocycles. The summed E-state index contributed by atoms with van der Waals surface area (Å²) in [4.78, 5) is 11.2. The van der Waals surface area contributed by atoms with Crippen molar-refractivity contribution in [1.82, 2.24) is 0 Å². The first-order chi connectivity index (χ1) is 8.12. The van der Waals surface area contributed by atoms with Crippen LogP contribution in [0.5, 0.6) is 11.5 Å². The molecule has 0 saturated heterocycles. The minimum Gasteiger partial charge on any atom is -0.493 e. The Bertz CT molecular complexity index is 387. The van der Waals surface area contributed by atoms with Gasteiger partial charge < -0.3 is 14.6 Å². The summed E-state index contributed by atoms with van der Waals surface area (Å²) in [6.07, 6.45) is 0.506. The maximum atomic E-state index is 11.2. The largest absolute Gasteiger partial charge is 0.493 e. The van der Waals surface area contributed by atoms with Crippen molar-refractivity contribution in [3.63, 3.8) is 0 Å². The van der Waals surface area contributed by atoms with E-state index < -0.39 is 0 Å². The SMILES string of the molecule is COc1ccc(CC(CO)C(C)=O)cc1OC. The van der Waals surface area contributed by atoms with Crippen LogP contribution in [-0.2, 0) is 11.2 Å². The highest BCUT2D eigenvalue weighted by molar-refractivity contribution is 5.78. The van der Waals surface area contributed by atoms with Crippen LogP contribution < -0.4 is 9.47 Å². The molecule has 4 heteroatoms. The molecule has 0 aromatic heterocycles. The second-order valence-corrected chi connectivity index (χ2v) is 3.88. The molecule has 1 aromatic carbocycles. The van der Waals surface area contributed by atoms with Gasteiger partial charge in [-0.25, -0.2) is 0 Å². The van der Waals surface area contributed by atoms with E-state index in [-0.39, 0.29) is 18.3 Å². The molecular formula is C13H18O4. The summed E-state index contributed by atoms with van der Waals surface area (Å²) in [6, 6.07) is 5.49. The summed E-state index contributed by atoms with van der Waals surface area (Å²) >= 11 is 0. The molecule has 94 valence electrons. The van der Waals surface area contributed by atoms with Crippen LogP contribution in [0, 0.1) is 5.92 Å². The molecular weight excluding hydrogens is 220 g/mol. The fourth-order valence-corrected chi connectivity index (χ4v) is 1.63. The zero-order valence-corrected chi connectivity index (χ0v) is 10.4. The lowest BCUT2D eigenvalue weighted by molar-refractivity contribution is -0.121. The summed E-state index contributed by atoms with van der Waals surface area (Å²) in [5, 5.41) is 9.11. The van der Waals surface area contributed by atoms with Crippen LogP contribution in [0.2, 0.25) is 0 Å². The molecule has 0 radical (unpaired) electrons. The Labute approximate surface area is 101 Å². The summed E-state index contributed by atoms with van der Waals surface area (Å²) in [6.45, 7) is 1.35. The van der Waals surface area contributed by atoms with Gasteiger partial charge in [0.2, 0.25) is 0 Å². The lowest BCUT2D eigenvalue weighted by Crippen LogP contribution is -2.18. The molecule has 4 nitrogen and oxygen atoms in total. The van der Waals surface area contributed by atoms with Crippen LogP contribution in [0.4, 0.5) is 0 Å². The molecule has 0 bridgehead atoms. The first-order valence-corrected chi connectivity index (χ1v) is 5.44. The lowest BCUT2D eigenvalue weighted by atomic mass is 9.96. The van der Waals surface area contributed by atoms with E-state index in [1.165, 1.54) is 6.92 Å². The number of carbonyl (C=O) groups is 1. The van der Waals surface area contributed by atoms with Gasteiger partial charge in [0.05, 0.1) is 20.8 Å². The van der Waals surface area contributed by atoms with E-state index >= 15 is 0 Å². The van der Waals surface area contributed by atoms with Crippen LogP contribution in [-0.4, -0.2) is 31.7 Å². The van der Waals surface area contributed by atoms with Crippen LogP contribution in [0.3, 0.4) is 0 Å². The zero-order valence-electron chi connectivity index (χ0n) is 10.4. The smallest absolute Gasteiger partial charge is 0.160 e. The van der Waals surface area contributed by atoms with Crippen molar-refractivity contribution < 1.29 is 19.4 Å². The highest BCUT2D eigenvalue weighted by Gasteiger charge is 2.14. The molecule has 1 atom stereocenters. The Hall–Kier alpha value is -1.55. The molecule has 1 rings (SSSR count). The van der Waals surface area contributed by atoms with E-state index in [1.807, 2.05) is 12.1 Å². The minimum atomic E-state index is -0.354. The Kier molecular flexibility index (Phi) is 4.97. The maximum absolute atomic E-state index is 11.2. The van der Waals surface area contributed by atoms with E-state index in [1.54, 1.807) is 20.3 Å². The summed E-state index contributed by atoms with van der Waals surface area (Å²) in [5.41, 5.74) is 0.942. The number of hydrogen-bond acceptors (Lipinski definition) is 4. The maximum Gasteiger partial charge on any atom is 0.160 e. The zero-order chi connectivity index (χ0) is 12.8. The predicted molar refractivity (Wildman–Crippen MR) is 64.5 cm³/mol. The van der Waals surface area contributed by atoms with Gasteiger partial charge in [-0.2, -0.15) is 0 Å². The lowest BCUT2D eigenvalue weighted by Gasteiger charge is -2.13. The summed E-state index contributed by atoms with van der Waals surface area (Å²) in [5.74, 6) is 0.917. The number of methoxy groups -OCH3 is 2. The summed E-state index contributed by atoms with van der Waals surface area (Å²) in [7, 11) is 3.14. The van der Waals surface area contributed by atoms with Gasteiger partial charge in [0, 0.05) is 5.92 Å². The second-order valence-electron chi connectivity index (χ2n) is 3.88. The number of aliphatic hydroxyl groups excluding tert-OH is 1. The molecule has 1 aromatic rings. The third-order valence-corrected chi connectivity index (χ3v) is 2.73. The van der Waals surface area contributed by atoms with E-state index in [2.05, 4.69) is 0 Å². The van der Waals surface area contributed by atoms with Gasteiger partial charge in [-0.15, -0.1) is 0 Å².